The van der Waals surface area contributed by atoms with E-state index in [1.807, 2.05) is 0 Å². The van der Waals surface area contributed by atoms with Gasteiger partial charge in [0.1, 0.15) is 35.7 Å². The number of anilines is 1. The first-order valence-corrected chi connectivity index (χ1v) is 12.2. The van der Waals surface area contributed by atoms with Crippen LogP contribution in [0.25, 0.3) is 0 Å². The molecular formula is C28H25F2N5O3. The van der Waals surface area contributed by atoms with E-state index < -0.39 is 6.04 Å². The van der Waals surface area contributed by atoms with Gasteiger partial charge < -0.3 is 15.0 Å². The van der Waals surface area contributed by atoms with Crippen LogP contribution >= 0.6 is 0 Å². The van der Waals surface area contributed by atoms with Crippen molar-refractivity contribution in [3.63, 3.8) is 0 Å². The molecule has 1 aromatic heterocycles. The molecule has 5 rings (SSSR count). The molecule has 1 aliphatic rings. The molecule has 1 aliphatic heterocycles. The van der Waals surface area contributed by atoms with E-state index in [0.717, 1.165) is 5.56 Å². The summed E-state index contributed by atoms with van der Waals surface area (Å²) in [6.07, 6.45) is 4.06. The Hall–Kier alpha value is -4.60. The minimum absolute atomic E-state index is 0.0252. The first-order valence-electron chi connectivity index (χ1n) is 12.2. The van der Waals surface area contributed by atoms with Crippen LogP contribution < -0.4 is 10.1 Å². The Labute approximate surface area is 217 Å². The topological polar surface area (TPSA) is 89.4 Å². The van der Waals surface area contributed by atoms with Crippen molar-refractivity contribution in [1.29, 1.82) is 0 Å². The minimum atomic E-state index is -0.682. The van der Waals surface area contributed by atoms with Crippen molar-refractivity contribution >= 4 is 17.5 Å². The highest BCUT2D eigenvalue weighted by Gasteiger charge is 2.39. The molecule has 3 aromatic carbocycles. The Bertz CT molecular complexity index is 1380. The van der Waals surface area contributed by atoms with Crippen molar-refractivity contribution in [2.45, 2.75) is 25.4 Å². The van der Waals surface area contributed by atoms with E-state index in [0.29, 0.717) is 36.6 Å². The van der Waals surface area contributed by atoms with Crippen molar-refractivity contribution in [3.8, 4) is 11.5 Å². The number of nitrogens with one attached hydrogen (secondary N) is 1. The molecule has 2 unspecified atom stereocenters. The van der Waals surface area contributed by atoms with E-state index in [9.17, 15) is 18.4 Å². The minimum Gasteiger partial charge on any atom is -0.457 e. The Morgan fingerprint density at radius 3 is 2.08 bits per heavy atom. The standard InChI is InChI=1S/C28H25F2N5O3/c29-21-3-1-19(2-4-21)15-20-16-26(34(17-20)27(36)18-35-31-13-14-32-35)28(37)33-23-7-11-25(12-8-23)38-24-9-5-22(30)6-10-24/h1-14,20,26H,15-18H2,(H,33,37). The zero-order valence-corrected chi connectivity index (χ0v) is 20.3. The summed E-state index contributed by atoms with van der Waals surface area (Å²) in [6, 6.07) is 18.0. The van der Waals surface area contributed by atoms with Gasteiger partial charge in [-0.2, -0.15) is 15.0 Å². The van der Waals surface area contributed by atoms with Gasteiger partial charge in [-0.3, -0.25) is 9.59 Å². The SMILES string of the molecule is O=C(Nc1ccc(Oc2ccc(F)cc2)cc1)C1CC(Cc2ccc(F)cc2)CN1C(=O)Cn1nccn1. The van der Waals surface area contributed by atoms with Gasteiger partial charge in [-0.05, 0) is 85.0 Å². The first-order chi connectivity index (χ1) is 18.4. The Morgan fingerprint density at radius 2 is 1.45 bits per heavy atom. The highest BCUT2D eigenvalue weighted by Crippen LogP contribution is 2.29. The average Bonchev–Trinajstić information content (AvgIpc) is 3.58. The molecule has 2 atom stereocenters. The summed E-state index contributed by atoms with van der Waals surface area (Å²) in [4.78, 5) is 29.3. The van der Waals surface area contributed by atoms with Gasteiger partial charge in [0, 0.05) is 12.2 Å². The molecule has 0 spiro atoms. The van der Waals surface area contributed by atoms with Crippen LogP contribution in [0.2, 0.25) is 0 Å². The van der Waals surface area contributed by atoms with E-state index in [1.54, 1.807) is 41.3 Å². The summed E-state index contributed by atoms with van der Waals surface area (Å²) in [5.74, 6) is -0.185. The lowest BCUT2D eigenvalue weighted by molar-refractivity contribution is -0.137. The predicted molar refractivity (Wildman–Crippen MR) is 135 cm³/mol. The molecule has 38 heavy (non-hydrogen) atoms. The Balaban J connectivity index is 1.26. The monoisotopic (exact) mass is 517 g/mol. The summed E-state index contributed by atoms with van der Waals surface area (Å²) in [5.41, 5.74) is 1.49. The first kappa shape index (κ1) is 25.1. The number of nitrogens with zero attached hydrogens (tertiary/aromatic N) is 4. The highest BCUT2D eigenvalue weighted by atomic mass is 19.1. The maximum absolute atomic E-state index is 13.3. The van der Waals surface area contributed by atoms with Gasteiger partial charge in [0.25, 0.3) is 0 Å². The molecule has 0 radical (unpaired) electrons. The molecule has 2 heterocycles. The number of benzene rings is 3. The van der Waals surface area contributed by atoms with Crippen molar-refractivity contribution in [1.82, 2.24) is 19.9 Å². The van der Waals surface area contributed by atoms with Crippen LogP contribution in [0.15, 0.2) is 85.2 Å². The van der Waals surface area contributed by atoms with E-state index in [-0.39, 0.29) is 35.9 Å². The van der Waals surface area contributed by atoms with Crippen molar-refractivity contribution in [3.05, 3.63) is 102 Å². The lowest BCUT2D eigenvalue weighted by Crippen LogP contribution is -2.44. The number of halogens is 2. The number of ether oxygens (including phenoxy) is 1. The quantitative estimate of drug-likeness (QED) is 0.373. The molecule has 1 fully saturated rings. The van der Waals surface area contributed by atoms with Crippen LogP contribution in [0.3, 0.4) is 0 Å². The second-order valence-corrected chi connectivity index (χ2v) is 9.12. The largest absolute Gasteiger partial charge is 0.457 e. The molecule has 2 amide bonds. The van der Waals surface area contributed by atoms with Crippen LogP contribution in [0.4, 0.5) is 14.5 Å². The third kappa shape index (κ3) is 6.20. The number of aromatic nitrogens is 3. The van der Waals surface area contributed by atoms with E-state index in [4.69, 9.17) is 4.74 Å². The van der Waals surface area contributed by atoms with Crippen LogP contribution in [0.1, 0.15) is 12.0 Å². The Kier molecular flexibility index (Phi) is 7.39. The number of hydrogen-bond donors (Lipinski definition) is 1. The number of hydrogen-bond acceptors (Lipinski definition) is 5. The molecule has 1 saturated heterocycles. The highest BCUT2D eigenvalue weighted by molar-refractivity contribution is 5.97. The third-order valence-corrected chi connectivity index (χ3v) is 6.36. The summed E-state index contributed by atoms with van der Waals surface area (Å²) < 4.78 is 32.1. The molecule has 0 aliphatic carbocycles. The fourth-order valence-corrected chi connectivity index (χ4v) is 4.56. The smallest absolute Gasteiger partial charge is 0.247 e. The van der Waals surface area contributed by atoms with E-state index in [1.165, 1.54) is 53.6 Å². The van der Waals surface area contributed by atoms with Gasteiger partial charge >= 0.3 is 0 Å². The van der Waals surface area contributed by atoms with Crippen molar-refractivity contribution in [2.24, 2.45) is 5.92 Å². The number of carbonyl (C=O) groups is 2. The van der Waals surface area contributed by atoms with Crippen LogP contribution in [0.5, 0.6) is 11.5 Å². The van der Waals surface area contributed by atoms with Gasteiger partial charge in [0.2, 0.25) is 11.8 Å². The van der Waals surface area contributed by atoms with Gasteiger partial charge in [-0.15, -0.1) is 0 Å². The molecule has 0 saturated carbocycles. The number of likely N-dealkylation sites (tertiary alicyclic amines) is 1. The lowest BCUT2D eigenvalue weighted by atomic mass is 9.96. The van der Waals surface area contributed by atoms with E-state index in [2.05, 4.69) is 15.5 Å². The number of rotatable bonds is 8. The molecule has 10 heteroatoms. The second-order valence-electron chi connectivity index (χ2n) is 9.12. The molecule has 8 nitrogen and oxygen atoms in total. The Morgan fingerprint density at radius 1 is 0.868 bits per heavy atom. The summed E-state index contributed by atoms with van der Waals surface area (Å²) in [7, 11) is 0. The summed E-state index contributed by atoms with van der Waals surface area (Å²) in [5, 5.41) is 10.9. The predicted octanol–water partition coefficient (Wildman–Crippen LogP) is 4.45. The van der Waals surface area contributed by atoms with E-state index >= 15 is 0 Å². The number of carbonyl (C=O) groups excluding carboxylic acids is 2. The molecule has 4 aromatic rings. The maximum Gasteiger partial charge on any atom is 0.247 e. The lowest BCUT2D eigenvalue weighted by Gasteiger charge is -2.23. The van der Waals surface area contributed by atoms with Gasteiger partial charge in [0.05, 0.1) is 12.4 Å². The van der Waals surface area contributed by atoms with Crippen molar-refractivity contribution in [2.75, 3.05) is 11.9 Å². The number of amides is 2. The molecule has 0 bridgehead atoms. The molecule has 1 N–H and O–H groups in total. The maximum atomic E-state index is 13.3. The van der Waals surface area contributed by atoms with Gasteiger partial charge in [-0.1, -0.05) is 12.1 Å². The summed E-state index contributed by atoms with van der Waals surface area (Å²) in [6.45, 7) is 0.315. The fraction of sp³-hybridized carbons (Fsp3) is 0.214. The van der Waals surface area contributed by atoms with Gasteiger partial charge in [-0.25, -0.2) is 8.78 Å². The third-order valence-electron chi connectivity index (χ3n) is 6.36. The van der Waals surface area contributed by atoms with Crippen LogP contribution in [-0.2, 0) is 22.6 Å². The zero-order chi connectivity index (χ0) is 26.5. The molecule has 194 valence electrons. The normalized spacial score (nSPS) is 16.8. The second kappa shape index (κ2) is 11.2. The average molecular weight is 518 g/mol. The molecular weight excluding hydrogens is 492 g/mol. The van der Waals surface area contributed by atoms with Crippen LogP contribution in [-0.4, -0.2) is 44.3 Å². The van der Waals surface area contributed by atoms with Crippen LogP contribution in [0, 0.1) is 17.6 Å². The summed E-state index contributed by atoms with van der Waals surface area (Å²) >= 11 is 0. The zero-order valence-electron chi connectivity index (χ0n) is 20.3. The van der Waals surface area contributed by atoms with Crippen molar-refractivity contribution < 1.29 is 23.1 Å². The fourth-order valence-electron chi connectivity index (χ4n) is 4.56. The van der Waals surface area contributed by atoms with Gasteiger partial charge in [0.15, 0.2) is 0 Å².